The van der Waals surface area contributed by atoms with Crippen LogP contribution in [0.4, 0.5) is 0 Å². The number of nitrogens with zero attached hydrogens (tertiary/aromatic N) is 4. The van der Waals surface area contributed by atoms with E-state index >= 15 is 0 Å². The second kappa shape index (κ2) is 7.47. The van der Waals surface area contributed by atoms with Gasteiger partial charge in [0.05, 0.1) is 19.1 Å². The van der Waals surface area contributed by atoms with E-state index in [2.05, 4.69) is 10.1 Å². The van der Waals surface area contributed by atoms with Gasteiger partial charge in [0.15, 0.2) is 0 Å². The van der Waals surface area contributed by atoms with Crippen molar-refractivity contribution in [3.8, 4) is 5.75 Å². The van der Waals surface area contributed by atoms with E-state index in [-0.39, 0.29) is 11.8 Å². The molecular weight excluding hydrogens is 304 g/mol. The smallest absolute Gasteiger partial charge is 0.227 e. The first-order valence-corrected chi connectivity index (χ1v) is 8.52. The summed E-state index contributed by atoms with van der Waals surface area (Å²) in [5, 5.41) is 4.09. The van der Waals surface area contributed by atoms with Crippen molar-refractivity contribution in [2.24, 2.45) is 5.92 Å². The molecule has 1 heterocycles. The number of carbonyl (C=O) groups is 1. The zero-order valence-electron chi connectivity index (χ0n) is 14.3. The highest BCUT2D eigenvalue weighted by Crippen LogP contribution is 2.30. The van der Waals surface area contributed by atoms with E-state index in [0.29, 0.717) is 25.7 Å². The highest BCUT2D eigenvalue weighted by Gasteiger charge is 2.34. The van der Waals surface area contributed by atoms with Gasteiger partial charge in [-0.05, 0) is 37.5 Å². The zero-order chi connectivity index (χ0) is 16.9. The maximum absolute atomic E-state index is 12.9. The summed E-state index contributed by atoms with van der Waals surface area (Å²) in [7, 11) is 0. The second-order valence-corrected chi connectivity index (χ2v) is 6.30. The third-order valence-corrected chi connectivity index (χ3v) is 4.18. The van der Waals surface area contributed by atoms with Gasteiger partial charge >= 0.3 is 0 Å². The third kappa shape index (κ3) is 4.13. The van der Waals surface area contributed by atoms with E-state index in [0.717, 1.165) is 24.2 Å². The molecule has 0 unspecified atom stereocenters. The molecule has 0 spiro atoms. The summed E-state index contributed by atoms with van der Waals surface area (Å²) in [6.07, 6.45) is 5.33. The van der Waals surface area contributed by atoms with Crippen LogP contribution in [0.2, 0.25) is 0 Å². The van der Waals surface area contributed by atoms with Crippen LogP contribution in [-0.2, 0) is 17.9 Å². The minimum atomic E-state index is -0.123. The summed E-state index contributed by atoms with van der Waals surface area (Å²) >= 11 is 0. The van der Waals surface area contributed by atoms with Crippen LogP contribution in [0.25, 0.3) is 0 Å². The van der Waals surface area contributed by atoms with Crippen LogP contribution in [0.3, 0.4) is 0 Å². The molecule has 1 fully saturated rings. The first kappa shape index (κ1) is 16.5. The number of amides is 1. The molecule has 1 aliphatic rings. The van der Waals surface area contributed by atoms with Gasteiger partial charge < -0.3 is 9.64 Å². The molecule has 0 N–H and O–H groups in total. The van der Waals surface area contributed by atoms with Crippen molar-refractivity contribution in [2.45, 2.75) is 45.8 Å². The SMILES string of the molecule is CCOc1cccc(CN(C(=O)[C@H](C)Cn2cncn2)C2CC2)c1. The minimum absolute atomic E-state index is 0.123. The summed E-state index contributed by atoms with van der Waals surface area (Å²) in [4.78, 5) is 18.8. The molecule has 1 aromatic carbocycles. The van der Waals surface area contributed by atoms with Crippen molar-refractivity contribution in [1.29, 1.82) is 0 Å². The second-order valence-electron chi connectivity index (χ2n) is 6.30. The summed E-state index contributed by atoms with van der Waals surface area (Å²) < 4.78 is 7.27. The fraction of sp³-hybridized carbons (Fsp3) is 0.500. The van der Waals surface area contributed by atoms with Crippen LogP contribution in [-0.4, -0.2) is 38.2 Å². The highest BCUT2D eigenvalue weighted by molar-refractivity contribution is 5.79. The average molecular weight is 328 g/mol. The molecule has 1 aliphatic carbocycles. The van der Waals surface area contributed by atoms with Gasteiger partial charge in [-0.3, -0.25) is 9.48 Å². The molecule has 3 rings (SSSR count). The number of carbonyl (C=O) groups excluding carboxylic acids is 1. The monoisotopic (exact) mass is 328 g/mol. The first-order valence-electron chi connectivity index (χ1n) is 8.52. The molecule has 1 saturated carbocycles. The van der Waals surface area contributed by atoms with Crippen LogP contribution in [0.5, 0.6) is 5.75 Å². The lowest BCUT2D eigenvalue weighted by molar-refractivity contribution is -0.136. The highest BCUT2D eigenvalue weighted by atomic mass is 16.5. The van der Waals surface area contributed by atoms with Gasteiger partial charge in [0.25, 0.3) is 0 Å². The molecular formula is C18H24N4O2. The van der Waals surface area contributed by atoms with Crippen LogP contribution in [0.1, 0.15) is 32.3 Å². The minimum Gasteiger partial charge on any atom is -0.494 e. The van der Waals surface area contributed by atoms with Crippen LogP contribution in [0, 0.1) is 5.92 Å². The van der Waals surface area contributed by atoms with Gasteiger partial charge in [0.1, 0.15) is 18.4 Å². The number of hydrogen-bond acceptors (Lipinski definition) is 4. The molecule has 0 bridgehead atoms. The van der Waals surface area contributed by atoms with Crippen LogP contribution in [0.15, 0.2) is 36.9 Å². The Labute approximate surface area is 142 Å². The number of rotatable bonds is 8. The van der Waals surface area contributed by atoms with E-state index in [9.17, 15) is 4.79 Å². The van der Waals surface area contributed by atoms with Crippen molar-refractivity contribution < 1.29 is 9.53 Å². The van der Waals surface area contributed by atoms with Crippen molar-refractivity contribution >= 4 is 5.91 Å². The van der Waals surface area contributed by atoms with Gasteiger partial charge in [-0.25, -0.2) is 4.98 Å². The molecule has 128 valence electrons. The fourth-order valence-corrected chi connectivity index (χ4v) is 2.84. The predicted molar refractivity (Wildman–Crippen MR) is 90.4 cm³/mol. The number of aromatic nitrogens is 3. The lowest BCUT2D eigenvalue weighted by atomic mass is 10.1. The Kier molecular flexibility index (Phi) is 5.13. The predicted octanol–water partition coefficient (Wildman–Crippen LogP) is 2.50. The molecule has 2 aromatic rings. The quantitative estimate of drug-likeness (QED) is 0.747. The zero-order valence-corrected chi connectivity index (χ0v) is 14.3. The van der Waals surface area contributed by atoms with Gasteiger partial charge in [-0.15, -0.1) is 0 Å². The molecule has 0 aliphatic heterocycles. The Bertz CT molecular complexity index is 667. The Morgan fingerprint density at radius 1 is 1.46 bits per heavy atom. The lowest BCUT2D eigenvalue weighted by Crippen LogP contribution is -2.38. The van der Waals surface area contributed by atoms with Gasteiger partial charge in [-0.2, -0.15) is 5.10 Å². The van der Waals surface area contributed by atoms with E-state index in [1.54, 1.807) is 11.0 Å². The normalized spacial score (nSPS) is 15.1. The van der Waals surface area contributed by atoms with Gasteiger partial charge in [0, 0.05) is 12.6 Å². The standard InChI is InChI=1S/C18H24N4O2/c1-3-24-17-6-4-5-15(9-17)11-22(16-7-8-16)18(23)14(2)10-21-13-19-12-20-21/h4-6,9,12-14,16H,3,7-8,10-11H2,1-2H3/t14-/m1/s1. The van der Waals surface area contributed by atoms with Gasteiger partial charge in [-0.1, -0.05) is 19.1 Å². The molecule has 1 aromatic heterocycles. The summed E-state index contributed by atoms with van der Waals surface area (Å²) in [5.74, 6) is 0.908. The van der Waals surface area contributed by atoms with Crippen molar-refractivity contribution in [3.63, 3.8) is 0 Å². The Morgan fingerprint density at radius 3 is 2.96 bits per heavy atom. The van der Waals surface area contributed by atoms with Crippen molar-refractivity contribution in [3.05, 3.63) is 42.5 Å². The number of ether oxygens (including phenoxy) is 1. The molecule has 6 heteroatoms. The summed E-state index contributed by atoms with van der Waals surface area (Å²) in [5.41, 5.74) is 1.11. The molecule has 0 radical (unpaired) electrons. The third-order valence-electron chi connectivity index (χ3n) is 4.18. The van der Waals surface area contributed by atoms with Crippen molar-refractivity contribution in [2.75, 3.05) is 6.61 Å². The molecule has 6 nitrogen and oxygen atoms in total. The Morgan fingerprint density at radius 2 is 2.29 bits per heavy atom. The van der Waals surface area contributed by atoms with Crippen LogP contribution < -0.4 is 4.74 Å². The van der Waals surface area contributed by atoms with Crippen molar-refractivity contribution in [1.82, 2.24) is 19.7 Å². The molecule has 24 heavy (non-hydrogen) atoms. The fourth-order valence-electron chi connectivity index (χ4n) is 2.84. The molecule has 1 atom stereocenters. The van der Waals surface area contributed by atoms with E-state index in [4.69, 9.17) is 4.74 Å². The number of hydrogen-bond donors (Lipinski definition) is 0. The summed E-state index contributed by atoms with van der Waals surface area (Å²) in [6, 6.07) is 8.37. The van der Waals surface area contributed by atoms with E-state index in [1.165, 1.54) is 6.33 Å². The Balaban J connectivity index is 1.68. The van der Waals surface area contributed by atoms with Crippen LogP contribution >= 0.6 is 0 Å². The first-order chi connectivity index (χ1) is 11.7. The maximum atomic E-state index is 12.9. The maximum Gasteiger partial charge on any atom is 0.227 e. The van der Waals surface area contributed by atoms with E-state index < -0.39 is 0 Å². The summed E-state index contributed by atoms with van der Waals surface area (Å²) in [6.45, 7) is 5.76. The van der Waals surface area contributed by atoms with Gasteiger partial charge in [0.2, 0.25) is 5.91 Å². The Hall–Kier alpha value is -2.37. The average Bonchev–Trinajstić information content (AvgIpc) is 3.30. The molecule has 0 saturated heterocycles. The topological polar surface area (TPSA) is 60.2 Å². The molecule has 1 amide bonds. The largest absolute Gasteiger partial charge is 0.494 e. The number of benzene rings is 1. The lowest BCUT2D eigenvalue weighted by Gasteiger charge is -2.26. The van der Waals surface area contributed by atoms with E-state index in [1.807, 2.05) is 43.0 Å².